The number of hydrogen-bond acceptors (Lipinski definition) is 4. The Balaban J connectivity index is 0.00000220. The summed E-state index contributed by atoms with van der Waals surface area (Å²) in [6, 6.07) is 4.46. The lowest BCUT2D eigenvalue weighted by Gasteiger charge is -2.23. The average Bonchev–Trinajstić information content (AvgIpc) is 3.09. The molecule has 2 unspecified atom stereocenters. The molecule has 4 nitrogen and oxygen atoms in total. The van der Waals surface area contributed by atoms with Crippen LogP contribution in [-0.2, 0) is 4.79 Å². The molecule has 1 aliphatic heterocycles. The Bertz CT molecular complexity index is 409. The second-order valence-corrected chi connectivity index (χ2v) is 6.68. The minimum atomic E-state index is 0. The molecule has 0 spiro atoms. The molecule has 2 atom stereocenters. The van der Waals surface area contributed by atoms with E-state index in [1.807, 2.05) is 0 Å². The third-order valence-electron chi connectivity index (χ3n) is 3.93. The summed E-state index contributed by atoms with van der Waals surface area (Å²) in [6.45, 7) is 2.87. The van der Waals surface area contributed by atoms with E-state index in [2.05, 4.69) is 47.1 Å². The number of amides is 1. The number of hydrogen-bond donors (Lipinski definition) is 2. The number of nitrogens with one attached hydrogen (secondary N) is 2. The summed E-state index contributed by atoms with van der Waals surface area (Å²) < 4.78 is 0. The number of thiophene rings is 1. The minimum absolute atomic E-state index is 0. The number of carbonyl (C=O) groups excluding carboxylic acids is 1. The van der Waals surface area contributed by atoms with E-state index in [4.69, 9.17) is 0 Å². The fourth-order valence-corrected chi connectivity index (χ4v) is 3.54. The Morgan fingerprint density at radius 2 is 2.27 bits per heavy atom. The third kappa shape index (κ3) is 6.84. The Kier molecular flexibility index (Phi) is 11.1. The molecule has 2 heterocycles. The molecular weight excluding hydrogens is 341 g/mol. The molecule has 128 valence electrons. The maximum atomic E-state index is 11.9. The monoisotopic (exact) mass is 367 g/mol. The Morgan fingerprint density at radius 3 is 2.82 bits per heavy atom. The van der Waals surface area contributed by atoms with Crippen LogP contribution in [0, 0.1) is 5.92 Å². The van der Waals surface area contributed by atoms with Crippen LogP contribution in [-0.4, -0.2) is 44.5 Å². The van der Waals surface area contributed by atoms with Crippen LogP contribution in [0.5, 0.6) is 0 Å². The van der Waals surface area contributed by atoms with Gasteiger partial charge in [0, 0.05) is 17.8 Å². The van der Waals surface area contributed by atoms with E-state index in [-0.39, 0.29) is 36.8 Å². The van der Waals surface area contributed by atoms with Crippen LogP contribution in [0.15, 0.2) is 17.5 Å². The predicted octanol–water partition coefficient (Wildman–Crippen LogP) is 2.70. The highest BCUT2D eigenvalue weighted by molar-refractivity contribution is 7.10. The Morgan fingerprint density at radius 1 is 1.50 bits per heavy atom. The van der Waals surface area contributed by atoms with E-state index in [1.54, 1.807) is 11.3 Å². The van der Waals surface area contributed by atoms with Gasteiger partial charge >= 0.3 is 0 Å². The van der Waals surface area contributed by atoms with Crippen LogP contribution in [0.2, 0.25) is 0 Å². The number of carbonyl (C=O) groups is 1. The number of halogens is 2. The van der Waals surface area contributed by atoms with Crippen molar-refractivity contribution in [1.29, 1.82) is 0 Å². The molecule has 1 aromatic heterocycles. The number of nitrogens with zero attached hydrogens (tertiary/aromatic N) is 1. The second kappa shape index (κ2) is 11.2. The molecule has 1 saturated heterocycles. The smallest absolute Gasteiger partial charge is 0.220 e. The average molecular weight is 368 g/mol. The van der Waals surface area contributed by atoms with Gasteiger partial charge in [-0.15, -0.1) is 36.2 Å². The van der Waals surface area contributed by atoms with Gasteiger partial charge in [0.25, 0.3) is 0 Å². The van der Waals surface area contributed by atoms with Gasteiger partial charge in [-0.3, -0.25) is 4.79 Å². The molecule has 1 amide bonds. The molecule has 1 aliphatic rings. The van der Waals surface area contributed by atoms with E-state index in [9.17, 15) is 4.79 Å². The van der Waals surface area contributed by atoms with Crippen LogP contribution in [0.1, 0.15) is 30.2 Å². The zero-order valence-corrected chi connectivity index (χ0v) is 15.7. The standard InChI is InChI=1S/C15H25N3OS.2ClH/c1-18(2)13(14-4-3-9-20-14)11-17-15(19)6-5-12-7-8-16-10-12;;/h3-4,9,12-13,16H,5-8,10-11H2,1-2H3,(H,17,19);2*1H. The summed E-state index contributed by atoms with van der Waals surface area (Å²) in [5.74, 6) is 0.864. The van der Waals surface area contributed by atoms with E-state index in [0.717, 1.165) is 19.5 Å². The minimum Gasteiger partial charge on any atom is -0.354 e. The highest BCUT2D eigenvalue weighted by atomic mass is 35.5. The van der Waals surface area contributed by atoms with Gasteiger partial charge in [0.05, 0.1) is 6.04 Å². The first kappa shape index (κ1) is 21.7. The summed E-state index contributed by atoms with van der Waals surface area (Å²) in [6.07, 6.45) is 2.87. The molecule has 7 heteroatoms. The first-order valence-electron chi connectivity index (χ1n) is 7.34. The summed E-state index contributed by atoms with van der Waals surface area (Å²) in [7, 11) is 4.11. The molecular formula is C15H27Cl2N3OS. The topological polar surface area (TPSA) is 44.4 Å². The molecule has 0 saturated carbocycles. The van der Waals surface area contributed by atoms with E-state index >= 15 is 0 Å². The zero-order chi connectivity index (χ0) is 14.4. The largest absolute Gasteiger partial charge is 0.354 e. The highest BCUT2D eigenvalue weighted by Gasteiger charge is 2.18. The van der Waals surface area contributed by atoms with Crippen LogP contribution in [0.3, 0.4) is 0 Å². The van der Waals surface area contributed by atoms with Crippen LogP contribution < -0.4 is 10.6 Å². The van der Waals surface area contributed by atoms with Crippen molar-refractivity contribution in [2.24, 2.45) is 5.92 Å². The molecule has 22 heavy (non-hydrogen) atoms. The quantitative estimate of drug-likeness (QED) is 0.778. The fourth-order valence-electron chi connectivity index (χ4n) is 2.61. The van der Waals surface area contributed by atoms with Crippen molar-refractivity contribution >= 4 is 42.1 Å². The SMILES string of the molecule is CN(C)C(CNC(=O)CCC1CCNC1)c1cccs1.Cl.Cl. The lowest BCUT2D eigenvalue weighted by atomic mass is 10.0. The van der Waals surface area contributed by atoms with Crippen molar-refractivity contribution in [2.75, 3.05) is 33.7 Å². The van der Waals surface area contributed by atoms with Crippen molar-refractivity contribution in [3.05, 3.63) is 22.4 Å². The van der Waals surface area contributed by atoms with Crippen LogP contribution in [0.4, 0.5) is 0 Å². The first-order chi connectivity index (χ1) is 9.66. The number of rotatable bonds is 7. The molecule has 0 aliphatic carbocycles. The van der Waals surface area contributed by atoms with Crippen LogP contribution >= 0.6 is 36.2 Å². The van der Waals surface area contributed by atoms with Crippen LogP contribution in [0.25, 0.3) is 0 Å². The molecule has 2 N–H and O–H groups in total. The lowest BCUT2D eigenvalue weighted by Crippen LogP contribution is -2.34. The van der Waals surface area contributed by atoms with Gasteiger partial charge < -0.3 is 15.5 Å². The normalized spacial score (nSPS) is 18.4. The Hall–Kier alpha value is -0.330. The second-order valence-electron chi connectivity index (χ2n) is 5.70. The highest BCUT2D eigenvalue weighted by Crippen LogP contribution is 2.22. The molecule has 2 rings (SSSR count). The van der Waals surface area contributed by atoms with Gasteiger partial charge in [-0.25, -0.2) is 0 Å². The first-order valence-corrected chi connectivity index (χ1v) is 8.22. The van der Waals surface area contributed by atoms with Gasteiger partial charge in [-0.05, 0) is 57.4 Å². The summed E-state index contributed by atoms with van der Waals surface area (Å²) in [5, 5.41) is 8.51. The maximum absolute atomic E-state index is 11.9. The van der Waals surface area contributed by atoms with Gasteiger partial charge in [0.1, 0.15) is 0 Å². The molecule has 1 fully saturated rings. The molecule has 0 aromatic carbocycles. The third-order valence-corrected chi connectivity index (χ3v) is 4.90. The summed E-state index contributed by atoms with van der Waals surface area (Å²) in [5.41, 5.74) is 0. The van der Waals surface area contributed by atoms with Crippen molar-refractivity contribution in [2.45, 2.75) is 25.3 Å². The van der Waals surface area contributed by atoms with Gasteiger partial charge in [0.15, 0.2) is 0 Å². The van der Waals surface area contributed by atoms with Crippen molar-refractivity contribution in [1.82, 2.24) is 15.5 Å². The Labute approximate surface area is 149 Å². The van der Waals surface area contributed by atoms with E-state index in [1.165, 1.54) is 11.3 Å². The van der Waals surface area contributed by atoms with E-state index < -0.39 is 0 Å². The zero-order valence-electron chi connectivity index (χ0n) is 13.2. The van der Waals surface area contributed by atoms with Crippen molar-refractivity contribution < 1.29 is 4.79 Å². The molecule has 1 aromatic rings. The van der Waals surface area contributed by atoms with Crippen molar-refractivity contribution in [3.8, 4) is 0 Å². The summed E-state index contributed by atoms with van der Waals surface area (Å²) >= 11 is 1.74. The maximum Gasteiger partial charge on any atom is 0.220 e. The molecule has 0 bridgehead atoms. The summed E-state index contributed by atoms with van der Waals surface area (Å²) in [4.78, 5) is 15.4. The van der Waals surface area contributed by atoms with Gasteiger partial charge in [-0.2, -0.15) is 0 Å². The lowest BCUT2D eigenvalue weighted by molar-refractivity contribution is -0.121. The van der Waals surface area contributed by atoms with Gasteiger partial charge in [-0.1, -0.05) is 6.07 Å². The van der Waals surface area contributed by atoms with Gasteiger partial charge in [0.2, 0.25) is 5.91 Å². The van der Waals surface area contributed by atoms with Crippen molar-refractivity contribution in [3.63, 3.8) is 0 Å². The number of likely N-dealkylation sites (N-methyl/N-ethyl adjacent to an activating group) is 1. The fraction of sp³-hybridized carbons (Fsp3) is 0.667. The predicted molar refractivity (Wildman–Crippen MR) is 98.5 cm³/mol. The van der Waals surface area contributed by atoms with E-state index in [0.29, 0.717) is 18.9 Å². The molecule has 0 radical (unpaired) electrons.